The van der Waals surface area contributed by atoms with Gasteiger partial charge in [-0.25, -0.2) is 14.5 Å². The Morgan fingerprint density at radius 2 is 2.03 bits per heavy atom. The minimum absolute atomic E-state index is 0.0158. The molecule has 3 heterocycles. The number of carboxylic acids is 1. The summed E-state index contributed by atoms with van der Waals surface area (Å²) in [7, 11) is 1.61. The summed E-state index contributed by atoms with van der Waals surface area (Å²) in [5.74, 6) is -0.303. The van der Waals surface area contributed by atoms with Gasteiger partial charge in [0.2, 0.25) is 5.95 Å². The second-order valence-electron chi connectivity index (χ2n) is 6.40. The van der Waals surface area contributed by atoms with Crippen LogP contribution in [0.2, 0.25) is 0 Å². The molecule has 0 radical (unpaired) electrons. The van der Waals surface area contributed by atoms with Crippen LogP contribution in [0, 0.1) is 0 Å². The van der Waals surface area contributed by atoms with Crippen LogP contribution in [0.25, 0.3) is 17.1 Å². The maximum atomic E-state index is 12.6. The van der Waals surface area contributed by atoms with Crippen LogP contribution in [-0.4, -0.2) is 60.7 Å². The zero-order valence-electron chi connectivity index (χ0n) is 16.0. The number of aromatic carboxylic acids is 1. The Kier molecular flexibility index (Phi) is 5.26. The molecule has 4 aromatic rings. The van der Waals surface area contributed by atoms with Gasteiger partial charge in [0.25, 0.3) is 5.56 Å². The summed E-state index contributed by atoms with van der Waals surface area (Å²) < 4.78 is 13.4. The van der Waals surface area contributed by atoms with Crippen molar-refractivity contribution in [2.24, 2.45) is 0 Å². The molecule has 0 atom stereocenters. The third-order valence-electron chi connectivity index (χ3n) is 4.35. The first-order valence-corrected chi connectivity index (χ1v) is 8.99. The van der Waals surface area contributed by atoms with Gasteiger partial charge in [-0.1, -0.05) is 12.1 Å². The van der Waals surface area contributed by atoms with Crippen molar-refractivity contribution in [3.8, 4) is 11.7 Å². The number of hydrogen-bond donors (Lipinski definition) is 2. The lowest BCUT2D eigenvalue weighted by molar-refractivity contribution is 0.0697. The van der Waals surface area contributed by atoms with E-state index in [2.05, 4.69) is 20.1 Å². The monoisotopic (exact) mass is 410 g/mol. The second-order valence-corrected chi connectivity index (χ2v) is 6.40. The molecule has 0 amide bonds. The lowest BCUT2D eigenvalue weighted by Crippen LogP contribution is -2.16. The molecule has 3 aromatic heterocycles. The number of nitrogens with zero attached hydrogens (tertiary/aromatic N) is 5. The minimum Gasteiger partial charge on any atom is -0.491 e. The molecule has 4 rings (SSSR count). The van der Waals surface area contributed by atoms with Crippen LogP contribution in [0.15, 0.2) is 47.8 Å². The molecule has 0 bridgehead atoms. The summed E-state index contributed by atoms with van der Waals surface area (Å²) in [5, 5.41) is 12.9. The van der Waals surface area contributed by atoms with Crippen molar-refractivity contribution in [2.45, 2.75) is 6.54 Å². The lowest BCUT2D eigenvalue weighted by Gasteiger charge is -2.08. The molecule has 0 fully saturated rings. The van der Waals surface area contributed by atoms with Crippen LogP contribution in [0.3, 0.4) is 0 Å². The van der Waals surface area contributed by atoms with E-state index in [4.69, 9.17) is 14.6 Å². The molecule has 11 nitrogen and oxygen atoms in total. The standard InChI is InChI=1S/C19H18N6O5/c1-29-6-7-30-14-4-2-12(3-5-14)9-24-11-20-16-15(24)17(26)23-19(22-16)25-10-13(8-21-25)18(27)28/h2-5,8,10-11H,6-7,9H2,1H3,(H,27,28)(H,22,23,26). The number of H-pyrrole nitrogens is 1. The van der Waals surface area contributed by atoms with Gasteiger partial charge in [-0.15, -0.1) is 0 Å². The van der Waals surface area contributed by atoms with Crippen LogP contribution in [0.5, 0.6) is 5.75 Å². The van der Waals surface area contributed by atoms with E-state index >= 15 is 0 Å². The summed E-state index contributed by atoms with van der Waals surface area (Å²) in [6, 6.07) is 7.51. The van der Waals surface area contributed by atoms with Crippen LogP contribution >= 0.6 is 0 Å². The molecule has 30 heavy (non-hydrogen) atoms. The van der Waals surface area contributed by atoms with Crippen molar-refractivity contribution < 1.29 is 19.4 Å². The maximum Gasteiger partial charge on any atom is 0.338 e. The molecule has 0 aliphatic heterocycles. The van der Waals surface area contributed by atoms with Crippen molar-refractivity contribution in [1.82, 2.24) is 29.3 Å². The van der Waals surface area contributed by atoms with Crippen molar-refractivity contribution >= 4 is 17.1 Å². The number of aromatic nitrogens is 6. The Balaban J connectivity index is 1.57. The molecule has 2 N–H and O–H groups in total. The molecule has 0 saturated heterocycles. The Labute approximate surface area is 169 Å². The Bertz CT molecular complexity index is 1240. The van der Waals surface area contributed by atoms with Gasteiger partial charge in [-0.05, 0) is 17.7 Å². The van der Waals surface area contributed by atoms with Gasteiger partial charge in [0.15, 0.2) is 11.2 Å². The number of fused-ring (bicyclic) bond motifs is 1. The lowest BCUT2D eigenvalue weighted by atomic mass is 10.2. The van der Waals surface area contributed by atoms with E-state index in [1.807, 2.05) is 24.3 Å². The first kappa shape index (κ1) is 19.3. The van der Waals surface area contributed by atoms with E-state index in [-0.39, 0.29) is 17.2 Å². The molecule has 154 valence electrons. The normalized spacial score (nSPS) is 11.1. The fourth-order valence-electron chi connectivity index (χ4n) is 2.88. The molecular weight excluding hydrogens is 392 g/mol. The zero-order valence-corrected chi connectivity index (χ0v) is 16.0. The number of carboxylic acid groups (broad SMARTS) is 1. The fourth-order valence-corrected chi connectivity index (χ4v) is 2.88. The molecule has 0 aliphatic rings. The van der Waals surface area contributed by atoms with E-state index in [9.17, 15) is 9.59 Å². The second kappa shape index (κ2) is 8.17. The predicted molar refractivity (Wildman–Crippen MR) is 105 cm³/mol. The van der Waals surface area contributed by atoms with Gasteiger partial charge in [-0.3, -0.25) is 9.78 Å². The molecular formula is C19H18N6O5. The highest BCUT2D eigenvalue weighted by Gasteiger charge is 2.14. The van der Waals surface area contributed by atoms with Crippen LogP contribution < -0.4 is 10.3 Å². The predicted octanol–water partition coefficient (Wildman–Crippen LogP) is 1.08. The van der Waals surface area contributed by atoms with Gasteiger partial charge in [0.05, 0.1) is 24.7 Å². The highest BCUT2D eigenvalue weighted by molar-refractivity contribution is 5.86. The maximum absolute atomic E-state index is 12.6. The van der Waals surface area contributed by atoms with Gasteiger partial charge in [-0.2, -0.15) is 10.1 Å². The smallest absolute Gasteiger partial charge is 0.338 e. The molecule has 1 aromatic carbocycles. The molecule has 11 heteroatoms. The first-order valence-electron chi connectivity index (χ1n) is 8.99. The fraction of sp³-hybridized carbons (Fsp3) is 0.211. The largest absolute Gasteiger partial charge is 0.491 e. The van der Waals surface area contributed by atoms with E-state index in [0.29, 0.717) is 25.3 Å². The van der Waals surface area contributed by atoms with Crippen molar-refractivity contribution in [3.63, 3.8) is 0 Å². The first-order chi connectivity index (χ1) is 14.5. The summed E-state index contributed by atoms with van der Waals surface area (Å²) in [6.07, 6.45) is 3.97. The molecule has 0 aliphatic carbocycles. The number of benzene rings is 1. The highest BCUT2D eigenvalue weighted by Crippen LogP contribution is 2.15. The Morgan fingerprint density at radius 3 is 2.73 bits per heavy atom. The van der Waals surface area contributed by atoms with Gasteiger partial charge in [0.1, 0.15) is 12.4 Å². The molecule has 0 spiro atoms. The summed E-state index contributed by atoms with van der Waals surface area (Å²) in [6.45, 7) is 1.40. The van der Waals surface area contributed by atoms with Crippen molar-refractivity contribution in [3.05, 3.63) is 64.5 Å². The Hall–Kier alpha value is -3.99. The highest BCUT2D eigenvalue weighted by atomic mass is 16.5. The van der Waals surface area contributed by atoms with E-state index < -0.39 is 11.5 Å². The number of aromatic amines is 1. The van der Waals surface area contributed by atoms with Gasteiger partial charge >= 0.3 is 5.97 Å². The summed E-state index contributed by atoms with van der Waals surface area (Å²) in [5.41, 5.74) is 1.08. The Morgan fingerprint density at radius 1 is 1.23 bits per heavy atom. The summed E-state index contributed by atoms with van der Waals surface area (Å²) in [4.78, 5) is 34.8. The number of rotatable bonds is 8. The zero-order chi connectivity index (χ0) is 21.1. The van der Waals surface area contributed by atoms with Crippen molar-refractivity contribution in [2.75, 3.05) is 20.3 Å². The van der Waals surface area contributed by atoms with E-state index in [1.54, 1.807) is 11.7 Å². The number of ether oxygens (including phenoxy) is 2. The van der Waals surface area contributed by atoms with Crippen molar-refractivity contribution in [1.29, 1.82) is 0 Å². The van der Waals surface area contributed by atoms with Crippen LogP contribution in [0.1, 0.15) is 15.9 Å². The quantitative estimate of drug-likeness (QED) is 0.412. The number of hydrogen-bond acceptors (Lipinski definition) is 7. The van der Waals surface area contributed by atoms with Gasteiger partial charge < -0.3 is 19.1 Å². The number of methoxy groups -OCH3 is 1. The number of imidazole rings is 1. The third kappa shape index (κ3) is 3.91. The molecule has 0 saturated carbocycles. The molecule has 0 unspecified atom stereocenters. The SMILES string of the molecule is COCCOc1ccc(Cn2cnc3nc(-n4cc(C(=O)O)cn4)[nH]c(=O)c32)cc1. The summed E-state index contributed by atoms with van der Waals surface area (Å²) >= 11 is 0. The third-order valence-corrected chi connectivity index (χ3v) is 4.35. The number of carbonyl (C=O) groups is 1. The average molecular weight is 410 g/mol. The van der Waals surface area contributed by atoms with Gasteiger partial charge in [0, 0.05) is 19.9 Å². The van der Waals surface area contributed by atoms with Crippen LogP contribution in [0.4, 0.5) is 0 Å². The van der Waals surface area contributed by atoms with Crippen LogP contribution in [-0.2, 0) is 11.3 Å². The van der Waals surface area contributed by atoms with E-state index in [0.717, 1.165) is 11.3 Å². The average Bonchev–Trinajstić information content (AvgIpc) is 3.37. The minimum atomic E-state index is -1.12. The topological polar surface area (TPSA) is 137 Å². The number of nitrogens with one attached hydrogen (secondary N) is 1. The van der Waals surface area contributed by atoms with E-state index in [1.165, 1.54) is 23.4 Å².